The standard InChI is InChI=1S/C17H33NO6/c1-4-16(19)6-8-21-10-12-23-14-15-24-13-11-22-9-7-18(3)17(20)5-2/h4-15H2,1-3H3. The summed E-state index contributed by atoms with van der Waals surface area (Å²) in [5.41, 5.74) is 0. The molecule has 0 saturated carbocycles. The Labute approximate surface area is 145 Å². The molecule has 0 atom stereocenters. The SMILES string of the molecule is CCC(=O)CCOCCOCCOCCOCCN(C)C(=O)CC. The van der Waals surface area contributed by atoms with Crippen LogP contribution in [-0.2, 0) is 28.5 Å². The van der Waals surface area contributed by atoms with Crippen LogP contribution in [0.1, 0.15) is 33.1 Å². The molecule has 1 amide bonds. The van der Waals surface area contributed by atoms with Gasteiger partial charge in [-0.25, -0.2) is 0 Å². The normalized spacial score (nSPS) is 10.8. The number of amides is 1. The summed E-state index contributed by atoms with van der Waals surface area (Å²) in [6.07, 6.45) is 1.55. The summed E-state index contributed by atoms with van der Waals surface area (Å²) in [4.78, 5) is 24.0. The monoisotopic (exact) mass is 347 g/mol. The van der Waals surface area contributed by atoms with Crippen LogP contribution in [-0.4, -0.2) is 83.0 Å². The number of rotatable bonds is 17. The van der Waals surface area contributed by atoms with E-state index in [-0.39, 0.29) is 11.7 Å². The Balaban J connectivity index is 3.15. The zero-order valence-electron chi connectivity index (χ0n) is 15.4. The molecule has 7 heteroatoms. The number of Topliss-reactive ketones (excluding diaryl/α,β-unsaturated/α-hetero) is 1. The second-order valence-corrected chi connectivity index (χ2v) is 5.26. The molecule has 0 bridgehead atoms. The van der Waals surface area contributed by atoms with E-state index in [4.69, 9.17) is 18.9 Å². The van der Waals surface area contributed by atoms with E-state index in [1.54, 1.807) is 11.9 Å². The van der Waals surface area contributed by atoms with E-state index in [0.29, 0.717) is 78.7 Å². The molecule has 0 fully saturated rings. The summed E-state index contributed by atoms with van der Waals surface area (Å²) in [7, 11) is 1.77. The molecule has 7 nitrogen and oxygen atoms in total. The van der Waals surface area contributed by atoms with Crippen LogP contribution in [0.15, 0.2) is 0 Å². The summed E-state index contributed by atoms with van der Waals surface area (Å²) in [5, 5.41) is 0. The van der Waals surface area contributed by atoms with Crippen LogP contribution >= 0.6 is 0 Å². The summed E-state index contributed by atoms with van der Waals surface area (Å²) < 4.78 is 21.4. The Morgan fingerprint density at radius 2 is 1.17 bits per heavy atom. The smallest absolute Gasteiger partial charge is 0.222 e. The van der Waals surface area contributed by atoms with Gasteiger partial charge in [-0.1, -0.05) is 13.8 Å². The van der Waals surface area contributed by atoms with Crippen LogP contribution in [0.3, 0.4) is 0 Å². The molecule has 24 heavy (non-hydrogen) atoms. The van der Waals surface area contributed by atoms with Gasteiger partial charge >= 0.3 is 0 Å². The summed E-state index contributed by atoms with van der Waals surface area (Å²) in [5.74, 6) is 0.336. The predicted octanol–water partition coefficient (Wildman–Crippen LogP) is 1.29. The highest BCUT2D eigenvalue weighted by Gasteiger charge is 2.04. The minimum absolute atomic E-state index is 0.118. The van der Waals surface area contributed by atoms with Gasteiger partial charge in [-0.3, -0.25) is 9.59 Å². The molecular formula is C17H33NO6. The number of carbonyl (C=O) groups excluding carboxylic acids is 2. The van der Waals surface area contributed by atoms with E-state index in [2.05, 4.69) is 0 Å². The van der Waals surface area contributed by atoms with E-state index in [1.807, 2.05) is 13.8 Å². The maximum Gasteiger partial charge on any atom is 0.222 e. The molecule has 0 aliphatic heterocycles. The fourth-order valence-corrected chi connectivity index (χ4v) is 1.72. The van der Waals surface area contributed by atoms with Crippen LogP contribution in [0.25, 0.3) is 0 Å². The second-order valence-electron chi connectivity index (χ2n) is 5.26. The van der Waals surface area contributed by atoms with Crippen LogP contribution in [0, 0.1) is 0 Å². The molecule has 0 N–H and O–H groups in total. The van der Waals surface area contributed by atoms with E-state index >= 15 is 0 Å². The number of ketones is 1. The predicted molar refractivity (Wildman–Crippen MR) is 91.1 cm³/mol. The van der Waals surface area contributed by atoms with E-state index < -0.39 is 0 Å². The van der Waals surface area contributed by atoms with Crippen LogP contribution < -0.4 is 0 Å². The third kappa shape index (κ3) is 14.6. The summed E-state index contributed by atoms with van der Waals surface area (Å²) >= 11 is 0. The molecule has 0 aromatic heterocycles. The molecule has 0 aliphatic rings. The zero-order valence-corrected chi connectivity index (χ0v) is 15.4. The van der Waals surface area contributed by atoms with Gasteiger partial charge in [0.25, 0.3) is 0 Å². The Bertz CT molecular complexity index is 324. The van der Waals surface area contributed by atoms with Crippen molar-refractivity contribution < 1.29 is 28.5 Å². The molecule has 0 spiro atoms. The highest BCUT2D eigenvalue weighted by molar-refractivity contribution is 5.78. The van der Waals surface area contributed by atoms with Crippen molar-refractivity contribution in [2.45, 2.75) is 33.1 Å². The Hall–Kier alpha value is -1.02. The van der Waals surface area contributed by atoms with E-state index in [1.165, 1.54) is 0 Å². The lowest BCUT2D eigenvalue weighted by atomic mass is 10.2. The topological polar surface area (TPSA) is 74.3 Å². The van der Waals surface area contributed by atoms with Crippen molar-refractivity contribution in [1.29, 1.82) is 0 Å². The van der Waals surface area contributed by atoms with Crippen molar-refractivity contribution in [2.24, 2.45) is 0 Å². The van der Waals surface area contributed by atoms with Crippen LogP contribution in [0.4, 0.5) is 0 Å². The molecule has 0 saturated heterocycles. The molecule has 0 radical (unpaired) electrons. The number of nitrogens with zero attached hydrogens (tertiary/aromatic N) is 1. The highest BCUT2D eigenvalue weighted by atomic mass is 16.6. The summed E-state index contributed by atoms with van der Waals surface area (Å²) in [6, 6.07) is 0. The lowest BCUT2D eigenvalue weighted by Crippen LogP contribution is -2.29. The molecule has 0 rings (SSSR count). The third-order valence-corrected chi connectivity index (χ3v) is 3.33. The quantitative estimate of drug-likeness (QED) is 0.369. The van der Waals surface area contributed by atoms with Crippen LogP contribution in [0.5, 0.6) is 0 Å². The van der Waals surface area contributed by atoms with Crippen molar-refractivity contribution in [3.8, 4) is 0 Å². The van der Waals surface area contributed by atoms with Crippen molar-refractivity contribution in [1.82, 2.24) is 4.90 Å². The average molecular weight is 347 g/mol. The van der Waals surface area contributed by atoms with Gasteiger partial charge in [0.05, 0.1) is 52.9 Å². The Morgan fingerprint density at radius 1 is 0.708 bits per heavy atom. The molecule has 0 aromatic carbocycles. The molecule has 0 heterocycles. The molecule has 142 valence electrons. The minimum Gasteiger partial charge on any atom is -0.379 e. The second kappa shape index (κ2) is 16.8. The highest BCUT2D eigenvalue weighted by Crippen LogP contribution is 1.91. The first-order valence-corrected chi connectivity index (χ1v) is 8.68. The minimum atomic E-state index is 0.118. The van der Waals surface area contributed by atoms with Crippen molar-refractivity contribution in [3.63, 3.8) is 0 Å². The summed E-state index contributed by atoms with van der Waals surface area (Å²) in [6.45, 7) is 8.27. The molecule has 0 unspecified atom stereocenters. The van der Waals surface area contributed by atoms with Gasteiger partial charge < -0.3 is 23.8 Å². The molecule has 0 aliphatic carbocycles. The van der Waals surface area contributed by atoms with Gasteiger partial charge in [0.2, 0.25) is 5.91 Å². The lowest BCUT2D eigenvalue weighted by molar-refractivity contribution is -0.130. The van der Waals surface area contributed by atoms with E-state index in [9.17, 15) is 9.59 Å². The number of likely N-dealkylation sites (N-methyl/N-ethyl adjacent to an activating group) is 1. The Kier molecular flexibility index (Phi) is 16.1. The number of hydrogen-bond donors (Lipinski definition) is 0. The van der Waals surface area contributed by atoms with Crippen molar-refractivity contribution in [2.75, 3.05) is 66.4 Å². The molecular weight excluding hydrogens is 314 g/mol. The van der Waals surface area contributed by atoms with Gasteiger partial charge in [0.1, 0.15) is 5.78 Å². The third-order valence-electron chi connectivity index (χ3n) is 3.33. The zero-order chi connectivity index (χ0) is 18.0. The lowest BCUT2D eigenvalue weighted by Gasteiger charge is -2.16. The largest absolute Gasteiger partial charge is 0.379 e. The van der Waals surface area contributed by atoms with Gasteiger partial charge in [0.15, 0.2) is 0 Å². The van der Waals surface area contributed by atoms with Crippen molar-refractivity contribution >= 4 is 11.7 Å². The molecule has 0 aromatic rings. The Morgan fingerprint density at radius 3 is 1.62 bits per heavy atom. The first kappa shape index (κ1) is 23.0. The maximum atomic E-state index is 11.3. The van der Waals surface area contributed by atoms with Crippen molar-refractivity contribution in [3.05, 3.63) is 0 Å². The maximum absolute atomic E-state index is 11.3. The van der Waals surface area contributed by atoms with Gasteiger partial charge in [-0.15, -0.1) is 0 Å². The van der Waals surface area contributed by atoms with Crippen LogP contribution in [0.2, 0.25) is 0 Å². The number of hydrogen-bond acceptors (Lipinski definition) is 6. The fraction of sp³-hybridized carbons (Fsp3) is 0.882. The first-order chi connectivity index (χ1) is 11.6. The van der Waals surface area contributed by atoms with Gasteiger partial charge in [-0.05, 0) is 0 Å². The van der Waals surface area contributed by atoms with Gasteiger partial charge in [0, 0.05) is 32.9 Å². The number of ether oxygens (including phenoxy) is 4. The number of carbonyl (C=O) groups is 2. The fourth-order valence-electron chi connectivity index (χ4n) is 1.72. The van der Waals surface area contributed by atoms with E-state index in [0.717, 1.165) is 0 Å². The average Bonchev–Trinajstić information content (AvgIpc) is 2.60. The van der Waals surface area contributed by atoms with Gasteiger partial charge in [-0.2, -0.15) is 0 Å². The first-order valence-electron chi connectivity index (χ1n) is 8.68.